The van der Waals surface area contributed by atoms with Crippen LogP contribution < -0.4 is 0 Å². The lowest BCUT2D eigenvalue weighted by Crippen LogP contribution is -2.34. The van der Waals surface area contributed by atoms with Crippen LogP contribution in [0.1, 0.15) is 10.4 Å². The van der Waals surface area contributed by atoms with E-state index in [9.17, 15) is 4.79 Å². The topological polar surface area (TPSA) is 29.5 Å². The summed E-state index contributed by atoms with van der Waals surface area (Å²) in [6.45, 7) is 5.31. The molecule has 1 aromatic carbocycles. The molecule has 0 aliphatic carbocycles. The van der Waals surface area contributed by atoms with Crippen molar-refractivity contribution in [2.24, 2.45) is 0 Å². The van der Waals surface area contributed by atoms with Gasteiger partial charge in [-0.25, -0.2) is 0 Å². The summed E-state index contributed by atoms with van der Waals surface area (Å²) < 4.78 is 5.96. The average Bonchev–Trinajstić information content (AvgIpc) is 2.34. The van der Waals surface area contributed by atoms with E-state index in [2.05, 4.69) is 29.2 Å². The summed E-state index contributed by atoms with van der Waals surface area (Å²) in [5, 5.41) is 0. The quantitative estimate of drug-likeness (QED) is 0.586. The zero-order valence-corrected chi connectivity index (χ0v) is 12.0. The molecule has 0 atom stereocenters. The maximum absolute atomic E-state index is 12.3. The van der Waals surface area contributed by atoms with E-state index in [0.29, 0.717) is 19.7 Å². The maximum atomic E-state index is 12.3. The Morgan fingerprint density at radius 3 is 2.82 bits per heavy atom. The minimum Gasteiger partial charge on any atom is -0.383 e. The number of nitrogens with zero attached hydrogens (tertiary/aromatic N) is 1. The first kappa shape index (κ1) is 14.2. The first-order chi connectivity index (χ1) is 8.20. The summed E-state index contributed by atoms with van der Waals surface area (Å²) in [5.41, 5.74) is 0.728. The molecule has 0 spiro atoms. The van der Waals surface area contributed by atoms with E-state index in [4.69, 9.17) is 4.74 Å². The molecule has 0 heterocycles. The summed E-state index contributed by atoms with van der Waals surface area (Å²) in [5.74, 6) is 0.0203. The van der Waals surface area contributed by atoms with Crippen LogP contribution in [0, 0.1) is 3.57 Å². The molecule has 1 rings (SSSR count). The van der Waals surface area contributed by atoms with E-state index in [-0.39, 0.29) is 5.91 Å². The molecule has 0 aliphatic heterocycles. The van der Waals surface area contributed by atoms with Crippen LogP contribution in [-0.2, 0) is 4.74 Å². The van der Waals surface area contributed by atoms with Crippen molar-refractivity contribution in [3.8, 4) is 0 Å². The van der Waals surface area contributed by atoms with Crippen molar-refractivity contribution in [3.63, 3.8) is 0 Å². The minimum atomic E-state index is 0.0203. The normalized spacial score (nSPS) is 10.0. The van der Waals surface area contributed by atoms with Gasteiger partial charge in [-0.05, 0) is 34.7 Å². The number of benzene rings is 1. The molecule has 0 N–H and O–H groups in total. The van der Waals surface area contributed by atoms with Gasteiger partial charge in [0.25, 0.3) is 5.91 Å². The van der Waals surface area contributed by atoms with Crippen molar-refractivity contribution in [2.75, 3.05) is 26.8 Å². The highest BCUT2D eigenvalue weighted by Gasteiger charge is 2.16. The Labute approximate surface area is 116 Å². The highest BCUT2D eigenvalue weighted by Crippen LogP contribution is 2.14. The van der Waals surface area contributed by atoms with Crippen molar-refractivity contribution in [3.05, 3.63) is 46.1 Å². The van der Waals surface area contributed by atoms with Crippen molar-refractivity contribution in [1.82, 2.24) is 4.90 Å². The Bertz CT molecular complexity index is 393. The molecule has 0 unspecified atom stereocenters. The second kappa shape index (κ2) is 7.45. The summed E-state index contributed by atoms with van der Waals surface area (Å²) in [6, 6.07) is 7.56. The van der Waals surface area contributed by atoms with Gasteiger partial charge in [0.1, 0.15) is 0 Å². The summed E-state index contributed by atoms with van der Waals surface area (Å²) in [4.78, 5) is 14.0. The van der Waals surface area contributed by atoms with Crippen molar-refractivity contribution < 1.29 is 9.53 Å². The molecular weight excluding hydrogens is 329 g/mol. The average molecular weight is 345 g/mol. The Kier molecular flexibility index (Phi) is 6.21. The molecule has 1 amide bonds. The van der Waals surface area contributed by atoms with Gasteiger partial charge in [-0.2, -0.15) is 0 Å². The van der Waals surface area contributed by atoms with Gasteiger partial charge in [-0.3, -0.25) is 4.79 Å². The number of amides is 1. The Morgan fingerprint density at radius 2 is 2.24 bits per heavy atom. The van der Waals surface area contributed by atoms with Gasteiger partial charge in [0, 0.05) is 23.8 Å². The molecule has 92 valence electrons. The second-order valence-corrected chi connectivity index (χ2v) is 4.67. The van der Waals surface area contributed by atoms with Gasteiger partial charge in [-0.1, -0.05) is 18.2 Å². The van der Waals surface area contributed by atoms with E-state index < -0.39 is 0 Å². The zero-order chi connectivity index (χ0) is 12.7. The van der Waals surface area contributed by atoms with E-state index >= 15 is 0 Å². The lowest BCUT2D eigenvalue weighted by Gasteiger charge is -2.21. The number of carbonyl (C=O) groups excluding carboxylic acids is 1. The van der Waals surface area contributed by atoms with Gasteiger partial charge >= 0.3 is 0 Å². The van der Waals surface area contributed by atoms with Crippen LogP contribution in [-0.4, -0.2) is 37.6 Å². The maximum Gasteiger partial charge on any atom is 0.255 e. The molecule has 0 radical (unpaired) electrons. The molecule has 0 saturated heterocycles. The third-order valence-electron chi connectivity index (χ3n) is 2.31. The van der Waals surface area contributed by atoms with Gasteiger partial charge in [-0.15, -0.1) is 6.58 Å². The monoisotopic (exact) mass is 345 g/mol. The number of ether oxygens (including phenoxy) is 1. The molecule has 4 heteroatoms. The van der Waals surface area contributed by atoms with E-state index in [1.807, 2.05) is 24.3 Å². The van der Waals surface area contributed by atoms with Crippen molar-refractivity contribution in [2.45, 2.75) is 0 Å². The predicted octanol–water partition coefficient (Wildman–Crippen LogP) is 2.57. The summed E-state index contributed by atoms with van der Waals surface area (Å²) in [7, 11) is 1.63. The number of methoxy groups -OCH3 is 1. The zero-order valence-electron chi connectivity index (χ0n) is 9.86. The summed E-state index contributed by atoms with van der Waals surface area (Å²) >= 11 is 2.17. The third kappa shape index (κ3) is 4.12. The lowest BCUT2D eigenvalue weighted by atomic mass is 10.2. The lowest BCUT2D eigenvalue weighted by molar-refractivity contribution is 0.0717. The number of hydrogen-bond acceptors (Lipinski definition) is 2. The Hall–Kier alpha value is -0.880. The first-order valence-corrected chi connectivity index (χ1v) is 6.42. The van der Waals surface area contributed by atoms with Gasteiger partial charge < -0.3 is 9.64 Å². The molecule has 0 bridgehead atoms. The molecule has 3 nitrogen and oxygen atoms in total. The third-order valence-corrected chi connectivity index (χ3v) is 3.25. The molecule has 17 heavy (non-hydrogen) atoms. The molecule has 0 aliphatic rings. The van der Waals surface area contributed by atoms with E-state index in [1.165, 1.54) is 0 Å². The smallest absolute Gasteiger partial charge is 0.255 e. The van der Waals surface area contributed by atoms with Gasteiger partial charge in [0.15, 0.2) is 0 Å². The molecule has 1 aromatic rings. The highest BCUT2D eigenvalue weighted by atomic mass is 127. The largest absolute Gasteiger partial charge is 0.383 e. The highest BCUT2D eigenvalue weighted by molar-refractivity contribution is 14.1. The van der Waals surface area contributed by atoms with Gasteiger partial charge in [0.05, 0.1) is 12.2 Å². The minimum absolute atomic E-state index is 0.0203. The molecule has 0 saturated carbocycles. The molecule has 0 aromatic heterocycles. The number of halogens is 1. The standard InChI is InChI=1S/C13H16INO2/c1-3-8-15(9-10-17-2)13(16)11-6-4-5-7-12(11)14/h3-7H,1,8-10H2,2H3. The van der Waals surface area contributed by atoms with Crippen LogP contribution in [0.15, 0.2) is 36.9 Å². The molecule has 0 fully saturated rings. The van der Waals surface area contributed by atoms with E-state index in [1.54, 1.807) is 18.1 Å². The van der Waals surface area contributed by atoms with Crippen LogP contribution in [0.3, 0.4) is 0 Å². The van der Waals surface area contributed by atoms with Crippen LogP contribution in [0.4, 0.5) is 0 Å². The first-order valence-electron chi connectivity index (χ1n) is 5.34. The van der Waals surface area contributed by atoms with Gasteiger partial charge in [0.2, 0.25) is 0 Å². The number of carbonyl (C=O) groups is 1. The van der Waals surface area contributed by atoms with Crippen LogP contribution in [0.2, 0.25) is 0 Å². The van der Waals surface area contributed by atoms with Crippen molar-refractivity contribution in [1.29, 1.82) is 0 Å². The van der Waals surface area contributed by atoms with Crippen LogP contribution in [0.25, 0.3) is 0 Å². The fourth-order valence-electron chi connectivity index (χ4n) is 1.44. The van der Waals surface area contributed by atoms with Crippen LogP contribution >= 0.6 is 22.6 Å². The Morgan fingerprint density at radius 1 is 1.53 bits per heavy atom. The fourth-order valence-corrected chi connectivity index (χ4v) is 2.06. The number of hydrogen-bond donors (Lipinski definition) is 0. The number of rotatable bonds is 6. The fraction of sp³-hybridized carbons (Fsp3) is 0.308. The SMILES string of the molecule is C=CCN(CCOC)C(=O)c1ccccc1I. The molecular formula is C13H16INO2. The summed E-state index contributed by atoms with van der Waals surface area (Å²) in [6.07, 6.45) is 1.73. The second-order valence-electron chi connectivity index (χ2n) is 3.51. The van der Waals surface area contributed by atoms with E-state index in [0.717, 1.165) is 9.13 Å². The predicted molar refractivity (Wildman–Crippen MR) is 77.1 cm³/mol. The Balaban J connectivity index is 2.83. The van der Waals surface area contributed by atoms with Crippen LogP contribution in [0.5, 0.6) is 0 Å². The van der Waals surface area contributed by atoms with Crippen molar-refractivity contribution >= 4 is 28.5 Å².